The van der Waals surface area contributed by atoms with Crippen LogP contribution in [0.5, 0.6) is 0 Å². The zero-order valence-electron chi connectivity index (χ0n) is 26.0. The molecule has 2 heterocycles. The van der Waals surface area contributed by atoms with Crippen LogP contribution in [0.25, 0.3) is 0 Å². The fourth-order valence-corrected chi connectivity index (χ4v) is 7.22. The Labute approximate surface area is 257 Å². The average molecular weight is 563 g/mol. The van der Waals surface area contributed by atoms with Crippen LogP contribution in [-0.2, 0) is 18.3 Å². The normalized spacial score (nSPS) is 14.3. The number of nitriles is 2. The molecule has 0 N–H and O–H groups in total. The lowest BCUT2D eigenvalue weighted by Crippen LogP contribution is -2.61. The molecule has 43 heavy (non-hydrogen) atoms. The Balaban J connectivity index is 1.73. The van der Waals surface area contributed by atoms with E-state index in [0.717, 1.165) is 72.4 Å². The standard InChI is InChI=1S/C38H39BN4/c1-6-8-14-26-20-28(24-40)36-30(22-26)38(3,4)31-23-27(15-9-7-2)21-29(25-41)37(31)43(36)39-32-16-10-12-18-34(32)42(5)35-19-13-11-17-33(35)39/h10-13,16-23H,6-9,14-15H2,1-5H3. The Morgan fingerprint density at radius 3 is 1.56 bits per heavy atom. The molecule has 0 saturated heterocycles. The Hall–Kier alpha value is -4.48. The summed E-state index contributed by atoms with van der Waals surface area (Å²) in [6.45, 7) is 8.76. The Kier molecular flexibility index (Phi) is 7.53. The largest absolute Gasteiger partial charge is 0.374 e. The number of anilines is 4. The molecule has 0 aromatic heterocycles. The van der Waals surface area contributed by atoms with Gasteiger partial charge in [-0.2, -0.15) is 10.5 Å². The molecule has 0 spiro atoms. The van der Waals surface area contributed by atoms with Gasteiger partial charge in [0, 0.05) is 23.8 Å². The van der Waals surface area contributed by atoms with Crippen LogP contribution in [0, 0.1) is 22.7 Å². The second kappa shape index (κ2) is 11.3. The molecule has 0 unspecified atom stereocenters. The van der Waals surface area contributed by atoms with Gasteiger partial charge in [0.05, 0.1) is 22.5 Å². The molecule has 2 aliphatic rings. The molecule has 214 valence electrons. The van der Waals surface area contributed by atoms with E-state index in [1.807, 2.05) is 0 Å². The summed E-state index contributed by atoms with van der Waals surface area (Å²) in [7, 11) is 2.12. The molecule has 4 aromatic rings. The summed E-state index contributed by atoms with van der Waals surface area (Å²) in [5.41, 5.74) is 12.2. The predicted octanol–water partition coefficient (Wildman–Crippen LogP) is 7.78. The van der Waals surface area contributed by atoms with Crippen molar-refractivity contribution in [3.05, 3.63) is 106 Å². The van der Waals surface area contributed by atoms with Crippen LogP contribution in [0.4, 0.5) is 22.7 Å². The maximum Gasteiger partial charge on any atom is 0.332 e. The maximum atomic E-state index is 10.7. The van der Waals surface area contributed by atoms with Gasteiger partial charge in [-0.05, 0) is 83.1 Å². The minimum atomic E-state index is -0.396. The number of unbranched alkanes of at least 4 members (excludes halogenated alkanes) is 2. The van der Waals surface area contributed by atoms with Gasteiger partial charge < -0.3 is 9.71 Å². The first kappa shape index (κ1) is 28.6. The van der Waals surface area contributed by atoms with Gasteiger partial charge in [-0.15, -0.1) is 0 Å². The number of aryl methyl sites for hydroxylation is 2. The molecule has 4 nitrogen and oxygen atoms in total. The highest BCUT2D eigenvalue weighted by Gasteiger charge is 2.46. The van der Waals surface area contributed by atoms with E-state index in [9.17, 15) is 10.5 Å². The van der Waals surface area contributed by atoms with Crippen molar-refractivity contribution >= 4 is 40.5 Å². The molecule has 5 heteroatoms. The van der Waals surface area contributed by atoms with E-state index in [2.05, 4.69) is 129 Å². The molecule has 0 bridgehead atoms. The van der Waals surface area contributed by atoms with Crippen LogP contribution in [0.15, 0.2) is 72.8 Å². The summed E-state index contributed by atoms with van der Waals surface area (Å²) in [6, 6.07) is 31.2. The average Bonchev–Trinajstić information content (AvgIpc) is 3.03. The molecule has 0 aliphatic carbocycles. The van der Waals surface area contributed by atoms with Crippen molar-refractivity contribution in [2.45, 2.75) is 71.6 Å². The zero-order valence-corrected chi connectivity index (χ0v) is 26.0. The summed E-state index contributed by atoms with van der Waals surface area (Å²) >= 11 is 0. The molecule has 0 radical (unpaired) electrons. The van der Waals surface area contributed by atoms with Crippen molar-refractivity contribution in [2.75, 3.05) is 16.8 Å². The third-order valence-corrected chi connectivity index (χ3v) is 9.49. The second-order valence-corrected chi connectivity index (χ2v) is 12.6. The topological polar surface area (TPSA) is 54.1 Å². The fourth-order valence-electron chi connectivity index (χ4n) is 7.22. The van der Waals surface area contributed by atoms with E-state index < -0.39 is 5.41 Å². The lowest BCUT2D eigenvalue weighted by atomic mass is 9.45. The highest BCUT2D eigenvalue weighted by Crippen LogP contribution is 2.53. The summed E-state index contributed by atoms with van der Waals surface area (Å²) in [5, 5.41) is 21.5. The van der Waals surface area contributed by atoms with Crippen LogP contribution < -0.4 is 20.6 Å². The van der Waals surface area contributed by atoms with Gasteiger partial charge in [0.25, 0.3) is 0 Å². The zero-order chi connectivity index (χ0) is 30.3. The van der Waals surface area contributed by atoms with E-state index >= 15 is 0 Å². The molecule has 6 rings (SSSR count). The van der Waals surface area contributed by atoms with E-state index in [1.54, 1.807) is 0 Å². The van der Waals surface area contributed by atoms with Gasteiger partial charge in [0.1, 0.15) is 12.1 Å². The summed E-state index contributed by atoms with van der Waals surface area (Å²) in [6.07, 6.45) is 6.27. The maximum absolute atomic E-state index is 10.7. The molecule has 2 aliphatic heterocycles. The van der Waals surface area contributed by atoms with Crippen LogP contribution in [0.2, 0.25) is 0 Å². The van der Waals surface area contributed by atoms with Crippen LogP contribution in [0.3, 0.4) is 0 Å². The predicted molar refractivity (Wildman–Crippen MR) is 180 cm³/mol. The van der Waals surface area contributed by atoms with Gasteiger partial charge in [0.2, 0.25) is 0 Å². The first-order chi connectivity index (χ1) is 20.8. The summed E-state index contributed by atoms with van der Waals surface area (Å²) < 4.78 is 0. The Morgan fingerprint density at radius 1 is 0.698 bits per heavy atom. The van der Waals surface area contributed by atoms with Crippen LogP contribution in [0.1, 0.15) is 86.8 Å². The molecule has 4 aromatic carbocycles. The van der Waals surface area contributed by atoms with Crippen molar-refractivity contribution in [3.8, 4) is 12.1 Å². The van der Waals surface area contributed by atoms with E-state index in [0.29, 0.717) is 11.1 Å². The summed E-state index contributed by atoms with van der Waals surface area (Å²) in [4.78, 5) is 4.61. The molecular weight excluding hydrogens is 523 g/mol. The van der Waals surface area contributed by atoms with Crippen LogP contribution in [-0.4, -0.2) is 13.9 Å². The van der Waals surface area contributed by atoms with Crippen molar-refractivity contribution < 1.29 is 0 Å². The quantitative estimate of drug-likeness (QED) is 0.216. The molecular formula is C38H39BN4. The molecule has 0 atom stereocenters. The fraction of sp³-hybridized carbons (Fsp3) is 0.316. The number of hydrogen-bond acceptors (Lipinski definition) is 4. The van der Waals surface area contributed by atoms with Gasteiger partial charge in [0.15, 0.2) is 0 Å². The number of hydrogen-bond donors (Lipinski definition) is 0. The smallest absolute Gasteiger partial charge is 0.332 e. The number of rotatable bonds is 7. The van der Waals surface area contributed by atoms with Gasteiger partial charge in [-0.25, -0.2) is 0 Å². The van der Waals surface area contributed by atoms with Crippen molar-refractivity contribution in [1.82, 2.24) is 0 Å². The number of para-hydroxylation sites is 2. The number of nitrogens with zero attached hydrogens (tertiary/aromatic N) is 4. The number of benzene rings is 4. The molecule has 0 amide bonds. The minimum absolute atomic E-state index is 0.209. The highest BCUT2D eigenvalue weighted by molar-refractivity contribution is 6.92. The molecule has 0 fully saturated rings. The van der Waals surface area contributed by atoms with E-state index in [1.165, 1.54) is 22.1 Å². The third kappa shape index (κ3) is 4.59. The first-order valence-corrected chi connectivity index (χ1v) is 15.7. The minimum Gasteiger partial charge on any atom is -0.374 e. The number of fused-ring (bicyclic) bond motifs is 4. The van der Waals surface area contributed by atoms with E-state index in [-0.39, 0.29) is 6.85 Å². The monoisotopic (exact) mass is 562 g/mol. The van der Waals surface area contributed by atoms with Crippen LogP contribution >= 0.6 is 0 Å². The van der Waals surface area contributed by atoms with E-state index in [4.69, 9.17) is 0 Å². The molecule has 0 saturated carbocycles. The van der Waals surface area contributed by atoms with Gasteiger partial charge >= 0.3 is 6.85 Å². The van der Waals surface area contributed by atoms with Crippen molar-refractivity contribution in [2.24, 2.45) is 0 Å². The Morgan fingerprint density at radius 2 is 1.14 bits per heavy atom. The summed E-state index contributed by atoms with van der Waals surface area (Å²) in [5.74, 6) is 0. The first-order valence-electron chi connectivity index (χ1n) is 15.7. The lowest BCUT2D eigenvalue weighted by molar-refractivity contribution is 0.629. The Bertz CT molecular complexity index is 1660. The van der Waals surface area contributed by atoms with Gasteiger partial charge in [-0.3, -0.25) is 0 Å². The second-order valence-electron chi connectivity index (χ2n) is 12.6. The van der Waals surface area contributed by atoms with Crippen molar-refractivity contribution in [1.29, 1.82) is 10.5 Å². The van der Waals surface area contributed by atoms with Crippen molar-refractivity contribution in [3.63, 3.8) is 0 Å². The van der Waals surface area contributed by atoms with Gasteiger partial charge in [-0.1, -0.05) is 89.1 Å². The third-order valence-electron chi connectivity index (χ3n) is 9.49. The SMILES string of the molecule is CCCCc1cc(C#N)c2c(c1)C(C)(C)c1cc(CCCC)cc(C#N)c1N2B1c2ccccc2N(C)c2ccccc21. The lowest BCUT2D eigenvalue weighted by Gasteiger charge is -2.48. The highest BCUT2D eigenvalue weighted by atomic mass is 15.2.